The van der Waals surface area contributed by atoms with Crippen molar-refractivity contribution >= 4 is 27.3 Å². The number of carbonyl (C=O) groups is 1. The number of nitro benzene ring substituents is 1. The van der Waals surface area contributed by atoms with E-state index in [4.69, 9.17) is 5.14 Å². The fraction of sp³-hybridized carbons (Fsp3) is 0.133. The SMILES string of the molecule is Cc1cc(C(=O)Nc2ccc(CS(N)(=O)=O)cc2)cc([N+](=O)[O-])c1. The molecule has 0 aliphatic carbocycles. The molecule has 2 rings (SSSR count). The molecule has 0 saturated carbocycles. The number of benzene rings is 2. The number of carbonyl (C=O) groups excluding carboxylic acids is 1. The summed E-state index contributed by atoms with van der Waals surface area (Å²) in [7, 11) is -3.62. The number of hydrogen-bond acceptors (Lipinski definition) is 5. The molecule has 126 valence electrons. The summed E-state index contributed by atoms with van der Waals surface area (Å²) in [6.07, 6.45) is 0. The number of hydrogen-bond donors (Lipinski definition) is 2. The molecule has 0 fully saturated rings. The first-order valence-electron chi connectivity index (χ1n) is 6.81. The topological polar surface area (TPSA) is 132 Å². The zero-order valence-electron chi connectivity index (χ0n) is 12.7. The average Bonchev–Trinajstić information content (AvgIpc) is 2.47. The number of nitrogens with zero attached hydrogens (tertiary/aromatic N) is 1. The lowest BCUT2D eigenvalue weighted by Gasteiger charge is -2.07. The van der Waals surface area contributed by atoms with Crippen LogP contribution in [0.4, 0.5) is 11.4 Å². The Labute approximate surface area is 138 Å². The molecule has 0 saturated heterocycles. The van der Waals surface area contributed by atoms with E-state index in [2.05, 4.69) is 5.32 Å². The van der Waals surface area contributed by atoms with Gasteiger partial charge in [-0.2, -0.15) is 0 Å². The lowest BCUT2D eigenvalue weighted by atomic mass is 10.1. The van der Waals surface area contributed by atoms with Crippen molar-refractivity contribution in [2.45, 2.75) is 12.7 Å². The van der Waals surface area contributed by atoms with Crippen LogP contribution >= 0.6 is 0 Å². The molecule has 9 heteroatoms. The van der Waals surface area contributed by atoms with Gasteiger partial charge in [0.25, 0.3) is 11.6 Å². The van der Waals surface area contributed by atoms with E-state index in [9.17, 15) is 23.3 Å². The molecule has 2 aromatic carbocycles. The van der Waals surface area contributed by atoms with Gasteiger partial charge in [-0.1, -0.05) is 12.1 Å². The number of amides is 1. The van der Waals surface area contributed by atoms with Crippen molar-refractivity contribution in [3.63, 3.8) is 0 Å². The molecule has 2 aromatic rings. The third kappa shape index (κ3) is 4.86. The summed E-state index contributed by atoms with van der Waals surface area (Å²) < 4.78 is 22.0. The number of anilines is 1. The Balaban J connectivity index is 2.16. The van der Waals surface area contributed by atoms with Crippen molar-refractivity contribution in [1.82, 2.24) is 0 Å². The molecule has 0 aliphatic heterocycles. The van der Waals surface area contributed by atoms with Gasteiger partial charge in [0.05, 0.1) is 10.7 Å². The summed E-state index contributed by atoms with van der Waals surface area (Å²) in [6, 6.07) is 10.2. The van der Waals surface area contributed by atoms with E-state index in [0.717, 1.165) is 0 Å². The number of aryl methyl sites for hydroxylation is 1. The number of nitrogens with two attached hydrogens (primary N) is 1. The molecule has 24 heavy (non-hydrogen) atoms. The Morgan fingerprint density at radius 2 is 1.83 bits per heavy atom. The highest BCUT2D eigenvalue weighted by Crippen LogP contribution is 2.18. The van der Waals surface area contributed by atoms with E-state index in [1.165, 1.54) is 42.5 Å². The Hall–Kier alpha value is -2.78. The highest BCUT2D eigenvalue weighted by atomic mass is 32.2. The molecule has 0 aromatic heterocycles. The third-order valence-corrected chi connectivity index (χ3v) is 3.85. The fourth-order valence-electron chi connectivity index (χ4n) is 2.12. The maximum absolute atomic E-state index is 12.2. The van der Waals surface area contributed by atoms with Crippen LogP contribution in [0.15, 0.2) is 42.5 Å². The van der Waals surface area contributed by atoms with Crippen LogP contribution < -0.4 is 10.5 Å². The maximum Gasteiger partial charge on any atom is 0.270 e. The van der Waals surface area contributed by atoms with Crippen molar-refractivity contribution in [3.8, 4) is 0 Å². The van der Waals surface area contributed by atoms with Crippen molar-refractivity contribution in [1.29, 1.82) is 0 Å². The molecule has 0 atom stereocenters. The van der Waals surface area contributed by atoms with Crippen LogP contribution in [-0.4, -0.2) is 19.2 Å². The predicted octanol–water partition coefficient (Wildman–Crippen LogP) is 1.94. The van der Waals surface area contributed by atoms with Gasteiger partial charge in [0.1, 0.15) is 0 Å². The second kappa shape index (κ2) is 6.77. The molecule has 0 radical (unpaired) electrons. The Kier molecular flexibility index (Phi) is 4.96. The van der Waals surface area contributed by atoms with Gasteiger partial charge >= 0.3 is 0 Å². The lowest BCUT2D eigenvalue weighted by Crippen LogP contribution is -2.15. The molecule has 0 aliphatic rings. The van der Waals surface area contributed by atoms with Crippen LogP contribution in [0.25, 0.3) is 0 Å². The van der Waals surface area contributed by atoms with E-state index in [0.29, 0.717) is 16.8 Å². The van der Waals surface area contributed by atoms with Crippen molar-refractivity contribution in [2.24, 2.45) is 5.14 Å². The molecule has 1 amide bonds. The minimum Gasteiger partial charge on any atom is -0.322 e. The Morgan fingerprint density at radius 1 is 1.21 bits per heavy atom. The van der Waals surface area contributed by atoms with Crippen molar-refractivity contribution in [2.75, 3.05) is 5.32 Å². The molecule has 3 N–H and O–H groups in total. The largest absolute Gasteiger partial charge is 0.322 e. The number of nitrogens with one attached hydrogen (secondary N) is 1. The summed E-state index contributed by atoms with van der Waals surface area (Å²) in [5.41, 5.74) is 1.51. The average molecular weight is 349 g/mol. The van der Waals surface area contributed by atoms with Crippen LogP contribution in [0.2, 0.25) is 0 Å². The van der Waals surface area contributed by atoms with E-state index in [1.807, 2.05) is 0 Å². The zero-order valence-corrected chi connectivity index (χ0v) is 13.5. The summed E-state index contributed by atoms with van der Waals surface area (Å²) >= 11 is 0. The first kappa shape index (κ1) is 17.6. The molecule has 0 heterocycles. The van der Waals surface area contributed by atoms with Gasteiger partial charge in [-0.05, 0) is 36.2 Å². The van der Waals surface area contributed by atoms with Gasteiger partial charge in [0.15, 0.2) is 0 Å². The number of primary sulfonamides is 1. The quantitative estimate of drug-likeness (QED) is 0.629. The van der Waals surface area contributed by atoms with Crippen LogP contribution in [0.5, 0.6) is 0 Å². The second-order valence-corrected chi connectivity index (χ2v) is 6.89. The Morgan fingerprint density at radius 3 is 2.38 bits per heavy atom. The summed E-state index contributed by atoms with van der Waals surface area (Å²) in [6.45, 7) is 1.66. The van der Waals surface area contributed by atoms with Gasteiger partial charge in [0, 0.05) is 23.4 Å². The standard InChI is InChI=1S/C15H15N3O5S/c1-10-6-12(8-14(7-10)18(20)21)15(19)17-13-4-2-11(3-5-13)9-24(16,22)23/h2-8H,9H2,1H3,(H,17,19)(H2,16,22,23). The third-order valence-electron chi connectivity index (χ3n) is 3.11. The van der Waals surface area contributed by atoms with Crippen LogP contribution in [0.1, 0.15) is 21.5 Å². The van der Waals surface area contributed by atoms with Gasteiger partial charge in [-0.3, -0.25) is 14.9 Å². The lowest BCUT2D eigenvalue weighted by molar-refractivity contribution is -0.384. The van der Waals surface area contributed by atoms with Crippen molar-refractivity contribution in [3.05, 3.63) is 69.3 Å². The molecule has 0 unspecified atom stereocenters. The highest BCUT2D eigenvalue weighted by Gasteiger charge is 2.13. The van der Waals surface area contributed by atoms with E-state index < -0.39 is 20.9 Å². The minimum absolute atomic E-state index is 0.162. The van der Waals surface area contributed by atoms with Gasteiger partial charge in [0.2, 0.25) is 10.0 Å². The van der Waals surface area contributed by atoms with Crippen LogP contribution in [-0.2, 0) is 15.8 Å². The van der Waals surface area contributed by atoms with Crippen LogP contribution in [0.3, 0.4) is 0 Å². The molecular formula is C15H15N3O5S. The van der Waals surface area contributed by atoms with Gasteiger partial charge < -0.3 is 5.32 Å². The minimum atomic E-state index is -3.62. The van der Waals surface area contributed by atoms with Gasteiger partial charge in [-0.15, -0.1) is 0 Å². The number of nitro groups is 1. The number of rotatable bonds is 5. The summed E-state index contributed by atoms with van der Waals surface area (Å²) in [5, 5.41) is 18.4. The van der Waals surface area contributed by atoms with E-state index in [1.54, 1.807) is 6.92 Å². The van der Waals surface area contributed by atoms with E-state index in [-0.39, 0.29) is 17.0 Å². The van der Waals surface area contributed by atoms with E-state index >= 15 is 0 Å². The maximum atomic E-state index is 12.2. The first-order valence-corrected chi connectivity index (χ1v) is 8.52. The number of non-ortho nitro benzene ring substituents is 1. The zero-order chi connectivity index (χ0) is 17.9. The highest BCUT2D eigenvalue weighted by molar-refractivity contribution is 7.88. The fourth-order valence-corrected chi connectivity index (χ4v) is 2.78. The summed E-state index contributed by atoms with van der Waals surface area (Å²) in [5.74, 6) is -0.799. The van der Waals surface area contributed by atoms with Gasteiger partial charge in [-0.25, -0.2) is 13.6 Å². The smallest absolute Gasteiger partial charge is 0.270 e. The molecule has 0 bridgehead atoms. The number of sulfonamides is 1. The monoisotopic (exact) mass is 349 g/mol. The molecule has 0 spiro atoms. The normalized spacial score (nSPS) is 11.1. The molecular weight excluding hydrogens is 334 g/mol. The van der Waals surface area contributed by atoms with Crippen molar-refractivity contribution < 1.29 is 18.1 Å². The second-order valence-electron chi connectivity index (χ2n) is 5.27. The first-order chi connectivity index (χ1) is 11.1. The Bertz CT molecular complexity index is 892. The summed E-state index contributed by atoms with van der Waals surface area (Å²) in [4.78, 5) is 22.5. The molecule has 8 nitrogen and oxygen atoms in total. The predicted molar refractivity (Wildman–Crippen MR) is 89.0 cm³/mol. The van der Waals surface area contributed by atoms with Crippen LogP contribution in [0, 0.1) is 17.0 Å².